The summed E-state index contributed by atoms with van der Waals surface area (Å²) in [5.74, 6) is -0.0773. The molecule has 0 unspecified atom stereocenters. The van der Waals surface area contributed by atoms with Crippen LogP contribution in [0.3, 0.4) is 0 Å². The largest absolute Gasteiger partial charge is 0.444 e. The Balaban J connectivity index is 2.29. The number of carbonyl (C=O) groups is 1. The summed E-state index contributed by atoms with van der Waals surface area (Å²) >= 11 is 12.1. The lowest BCUT2D eigenvalue weighted by molar-refractivity contribution is 0.0223. The molecule has 6 nitrogen and oxygen atoms in total. The SMILES string of the molecule is CC(C)(C)OC(=O)N1CC[C@H](c2ccc(Cl)c(Cl)c2)[C@H]1CNS(C)(=O)=O. The number of ether oxygens (including phenoxy) is 1. The zero-order valence-corrected chi connectivity index (χ0v) is 17.6. The van der Waals surface area contributed by atoms with Crippen molar-refractivity contribution in [2.24, 2.45) is 0 Å². The number of benzene rings is 1. The molecule has 0 radical (unpaired) electrons. The molecule has 1 aliphatic rings. The normalized spacial score (nSPS) is 21.1. The quantitative estimate of drug-likeness (QED) is 0.803. The maximum atomic E-state index is 12.6. The second kappa shape index (κ2) is 7.92. The predicted molar refractivity (Wildman–Crippen MR) is 103 cm³/mol. The zero-order valence-electron chi connectivity index (χ0n) is 15.3. The van der Waals surface area contributed by atoms with Crippen LogP contribution in [0.2, 0.25) is 10.0 Å². The minimum Gasteiger partial charge on any atom is -0.444 e. The van der Waals surface area contributed by atoms with E-state index in [4.69, 9.17) is 27.9 Å². The summed E-state index contributed by atoms with van der Waals surface area (Å²) in [5.41, 5.74) is 0.277. The summed E-state index contributed by atoms with van der Waals surface area (Å²) in [5, 5.41) is 0.873. The summed E-state index contributed by atoms with van der Waals surface area (Å²) in [6, 6.07) is 4.94. The van der Waals surface area contributed by atoms with Crippen molar-refractivity contribution in [1.82, 2.24) is 9.62 Å². The minimum atomic E-state index is -3.39. The molecule has 1 saturated heterocycles. The third-order valence-electron chi connectivity index (χ3n) is 4.10. The molecule has 0 saturated carbocycles. The molecule has 2 atom stereocenters. The molecule has 1 N–H and O–H groups in total. The summed E-state index contributed by atoms with van der Waals surface area (Å²) in [7, 11) is -3.39. The van der Waals surface area contributed by atoms with Gasteiger partial charge in [-0.05, 0) is 44.9 Å². The lowest BCUT2D eigenvalue weighted by Crippen LogP contribution is -2.46. The van der Waals surface area contributed by atoms with Crippen molar-refractivity contribution in [2.45, 2.75) is 44.8 Å². The molecule has 1 fully saturated rings. The van der Waals surface area contributed by atoms with Crippen LogP contribution in [0.25, 0.3) is 0 Å². The van der Waals surface area contributed by atoms with Crippen molar-refractivity contribution < 1.29 is 17.9 Å². The highest BCUT2D eigenvalue weighted by Gasteiger charge is 2.40. The standard InChI is InChI=1S/C17H24Cl2N2O4S/c1-17(2,3)25-16(22)21-8-7-12(15(21)10-20-26(4,23)24)11-5-6-13(18)14(19)9-11/h5-6,9,12,15,20H,7-8,10H2,1-4H3/t12-,15-/m1/s1. The average molecular weight is 423 g/mol. The maximum absolute atomic E-state index is 12.6. The monoisotopic (exact) mass is 422 g/mol. The Morgan fingerprint density at radius 1 is 1.31 bits per heavy atom. The van der Waals surface area contributed by atoms with Gasteiger partial charge in [-0.3, -0.25) is 0 Å². The summed E-state index contributed by atoms with van der Waals surface area (Å²) in [6.07, 6.45) is 1.31. The first-order valence-corrected chi connectivity index (χ1v) is 10.9. The van der Waals surface area contributed by atoms with Gasteiger partial charge in [-0.1, -0.05) is 29.3 Å². The first-order chi connectivity index (χ1) is 11.9. The number of halogens is 2. The number of hydrogen-bond acceptors (Lipinski definition) is 4. The third kappa shape index (κ3) is 5.74. The molecule has 1 amide bonds. The van der Waals surface area contributed by atoms with Gasteiger partial charge in [0.25, 0.3) is 0 Å². The van der Waals surface area contributed by atoms with Gasteiger partial charge < -0.3 is 9.64 Å². The van der Waals surface area contributed by atoms with Crippen molar-refractivity contribution in [3.05, 3.63) is 33.8 Å². The highest BCUT2D eigenvalue weighted by atomic mass is 35.5. The molecule has 2 rings (SSSR count). The van der Waals surface area contributed by atoms with E-state index in [1.54, 1.807) is 37.8 Å². The third-order valence-corrected chi connectivity index (χ3v) is 5.53. The molecule has 1 aliphatic heterocycles. The molecule has 0 aliphatic carbocycles. The Kier molecular flexibility index (Phi) is 6.48. The van der Waals surface area contributed by atoms with Gasteiger partial charge >= 0.3 is 6.09 Å². The number of rotatable bonds is 4. The highest BCUT2D eigenvalue weighted by molar-refractivity contribution is 7.88. The molecule has 1 aromatic carbocycles. The van der Waals surface area contributed by atoms with Crippen molar-refractivity contribution in [3.63, 3.8) is 0 Å². The van der Waals surface area contributed by atoms with Crippen LogP contribution in [0.1, 0.15) is 38.7 Å². The number of nitrogens with zero attached hydrogens (tertiary/aromatic N) is 1. The molecule has 0 aromatic heterocycles. The zero-order chi connectivity index (χ0) is 19.7. The molecule has 0 spiro atoms. The Bertz CT molecular complexity index is 777. The number of carbonyl (C=O) groups excluding carboxylic acids is 1. The maximum Gasteiger partial charge on any atom is 0.410 e. The van der Waals surface area contributed by atoms with E-state index < -0.39 is 21.7 Å². The van der Waals surface area contributed by atoms with Crippen LogP contribution >= 0.6 is 23.2 Å². The van der Waals surface area contributed by atoms with E-state index in [2.05, 4.69) is 4.72 Å². The first kappa shape index (κ1) is 21.3. The lowest BCUT2D eigenvalue weighted by atomic mass is 9.92. The van der Waals surface area contributed by atoms with Crippen molar-refractivity contribution in [3.8, 4) is 0 Å². The summed E-state index contributed by atoms with van der Waals surface area (Å²) < 4.78 is 31.1. The number of likely N-dealkylation sites (tertiary alicyclic amines) is 1. The molecule has 146 valence electrons. The van der Waals surface area contributed by atoms with E-state index in [0.29, 0.717) is 23.0 Å². The van der Waals surface area contributed by atoms with Crippen LogP contribution in [-0.4, -0.2) is 50.4 Å². The van der Waals surface area contributed by atoms with E-state index in [1.165, 1.54) is 0 Å². The van der Waals surface area contributed by atoms with Crippen LogP contribution in [0.15, 0.2) is 18.2 Å². The van der Waals surface area contributed by atoms with Crippen molar-refractivity contribution in [1.29, 1.82) is 0 Å². The van der Waals surface area contributed by atoms with E-state index in [-0.39, 0.29) is 18.5 Å². The Morgan fingerprint density at radius 2 is 1.96 bits per heavy atom. The van der Waals surface area contributed by atoms with Gasteiger partial charge in [-0.25, -0.2) is 17.9 Å². The molecule has 26 heavy (non-hydrogen) atoms. The van der Waals surface area contributed by atoms with Crippen LogP contribution in [-0.2, 0) is 14.8 Å². The Morgan fingerprint density at radius 3 is 2.50 bits per heavy atom. The fourth-order valence-electron chi connectivity index (χ4n) is 3.02. The number of amides is 1. The first-order valence-electron chi connectivity index (χ1n) is 8.26. The van der Waals surface area contributed by atoms with Gasteiger partial charge in [0.1, 0.15) is 5.60 Å². The van der Waals surface area contributed by atoms with Crippen LogP contribution < -0.4 is 4.72 Å². The van der Waals surface area contributed by atoms with Gasteiger partial charge in [0.2, 0.25) is 10.0 Å². The van der Waals surface area contributed by atoms with Crippen molar-refractivity contribution >= 4 is 39.3 Å². The molecule has 9 heteroatoms. The molecule has 0 bridgehead atoms. The number of nitrogens with one attached hydrogen (secondary N) is 1. The van der Waals surface area contributed by atoms with Gasteiger partial charge in [0.05, 0.1) is 22.3 Å². The van der Waals surface area contributed by atoms with E-state index in [0.717, 1.165) is 11.8 Å². The Labute approximate surface area is 164 Å². The predicted octanol–water partition coefficient (Wildman–Crippen LogP) is 3.64. The second-order valence-corrected chi connectivity index (χ2v) is 10.1. The summed E-state index contributed by atoms with van der Waals surface area (Å²) in [6.45, 7) is 5.95. The second-order valence-electron chi connectivity index (χ2n) is 7.43. The Hall–Kier alpha value is -1.02. The lowest BCUT2D eigenvalue weighted by Gasteiger charge is -2.31. The fourth-order valence-corrected chi connectivity index (χ4v) is 3.80. The number of sulfonamides is 1. The summed E-state index contributed by atoms with van der Waals surface area (Å²) in [4.78, 5) is 14.2. The molecule has 1 heterocycles. The van der Waals surface area contributed by atoms with Gasteiger partial charge in [-0.15, -0.1) is 0 Å². The van der Waals surface area contributed by atoms with Gasteiger partial charge in [0, 0.05) is 19.0 Å². The van der Waals surface area contributed by atoms with E-state index in [9.17, 15) is 13.2 Å². The fraction of sp³-hybridized carbons (Fsp3) is 0.588. The van der Waals surface area contributed by atoms with Gasteiger partial charge in [0.15, 0.2) is 0 Å². The van der Waals surface area contributed by atoms with Gasteiger partial charge in [-0.2, -0.15) is 0 Å². The van der Waals surface area contributed by atoms with Crippen LogP contribution in [0.4, 0.5) is 4.79 Å². The van der Waals surface area contributed by atoms with Crippen LogP contribution in [0.5, 0.6) is 0 Å². The molecular formula is C17H24Cl2N2O4S. The van der Waals surface area contributed by atoms with Crippen LogP contribution in [0, 0.1) is 0 Å². The van der Waals surface area contributed by atoms with E-state index in [1.807, 2.05) is 6.07 Å². The molecule has 1 aromatic rings. The highest BCUT2D eigenvalue weighted by Crippen LogP contribution is 2.36. The topological polar surface area (TPSA) is 75.7 Å². The number of hydrogen-bond donors (Lipinski definition) is 1. The average Bonchev–Trinajstić information content (AvgIpc) is 2.89. The smallest absolute Gasteiger partial charge is 0.410 e. The van der Waals surface area contributed by atoms with Crippen molar-refractivity contribution in [2.75, 3.05) is 19.3 Å². The van der Waals surface area contributed by atoms with E-state index >= 15 is 0 Å². The molecular weight excluding hydrogens is 399 g/mol. The minimum absolute atomic E-state index is 0.0773.